The van der Waals surface area contributed by atoms with Crippen LogP contribution >= 0.6 is 11.6 Å². The van der Waals surface area contributed by atoms with E-state index in [1.54, 1.807) is 4.57 Å². The summed E-state index contributed by atoms with van der Waals surface area (Å²) < 4.78 is 52.0. The van der Waals surface area contributed by atoms with Gasteiger partial charge in [-0.1, -0.05) is 0 Å². The molecule has 1 saturated heterocycles. The van der Waals surface area contributed by atoms with Crippen molar-refractivity contribution in [2.75, 3.05) is 11.5 Å². The van der Waals surface area contributed by atoms with Crippen LogP contribution in [0.15, 0.2) is 12.1 Å². The molecule has 1 aliphatic rings. The highest BCUT2D eigenvalue weighted by atomic mass is 35.5. The molecule has 1 fully saturated rings. The van der Waals surface area contributed by atoms with E-state index < -0.39 is 21.5 Å². The second kappa shape index (κ2) is 5.21. The molecule has 2 aromatic rings. The van der Waals surface area contributed by atoms with Crippen LogP contribution in [0.3, 0.4) is 0 Å². The highest BCUT2D eigenvalue weighted by Gasteiger charge is 2.28. The first-order chi connectivity index (χ1) is 9.91. The van der Waals surface area contributed by atoms with Gasteiger partial charge >= 0.3 is 0 Å². The van der Waals surface area contributed by atoms with Crippen molar-refractivity contribution in [3.63, 3.8) is 0 Å². The number of alkyl halides is 1. The van der Waals surface area contributed by atoms with Crippen LogP contribution in [0.4, 0.5) is 8.78 Å². The summed E-state index contributed by atoms with van der Waals surface area (Å²) in [5, 5.41) is 0. The number of hydrogen-bond acceptors (Lipinski definition) is 3. The largest absolute Gasteiger partial charge is 0.324 e. The Balaban J connectivity index is 2.13. The third kappa shape index (κ3) is 2.64. The molecule has 0 unspecified atom stereocenters. The van der Waals surface area contributed by atoms with E-state index in [4.69, 9.17) is 11.6 Å². The number of sulfone groups is 1. The Bertz CT molecular complexity index is 790. The van der Waals surface area contributed by atoms with Crippen molar-refractivity contribution in [3.8, 4) is 0 Å². The number of aromatic nitrogens is 2. The average Bonchev–Trinajstić information content (AvgIpc) is 2.78. The maximum atomic E-state index is 13.8. The van der Waals surface area contributed by atoms with E-state index in [0.717, 1.165) is 6.07 Å². The number of imidazole rings is 1. The minimum atomic E-state index is -3.01. The summed E-state index contributed by atoms with van der Waals surface area (Å²) >= 11 is 5.85. The Morgan fingerprint density at radius 2 is 1.95 bits per heavy atom. The zero-order chi connectivity index (χ0) is 15.2. The first-order valence-electron chi connectivity index (χ1n) is 6.53. The summed E-state index contributed by atoms with van der Waals surface area (Å²) in [6, 6.07) is 1.83. The molecule has 0 saturated carbocycles. The molecule has 0 N–H and O–H groups in total. The zero-order valence-corrected chi connectivity index (χ0v) is 12.6. The van der Waals surface area contributed by atoms with Crippen molar-refractivity contribution in [1.82, 2.24) is 9.55 Å². The summed E-state index contributed by atoms with van der Waals surface area (Å²) in [5.41, 5.74) is 0.396. The molecule has 0 aliphatic carbocycles. The molecule has 1 aliphatic heterocycles. The molecule has 0 bridgehead atoms. The summed E-state index contributed by atoms with van der Waals surface area (Å²) in [6.07, 6.45) is 0.797. The van der Waals surface area contributed by atoms with Gasteiger partial charge in [0.15, 0.2) is 5.82 Å². The molecular weight excluding hydrogens is 322 g/mol. The lowest BCUT2D eigenvalue weighted by atomic mass is 10.1. The molecule has 0 amide bonds. The Labute approximate surface area is 125 Å². The van der Waals surface area contributed by atoms with Crippen LogP contribution in [0, 0.1) is 11.6 Å². The van der Waals surface area contributed by atoms with Gasteiger partial charge in [0.05, 0.1) is 22.9 Å². The molecule has 1 aromatic heterocycles. The van der Waals surface area contributed by atoms with Gasteiger partial charge in [0.25, 0.3) is 0 Å². The normalized spacial score (nSPS) is 19.2. The summed E-state index contributed by atoms with van der Waals surface area (Å²) in [5.74, 6) is -0.808. The maximum absolute atomic E-state index is 13.8. The molecule has 8 heteroatoms. The third-order valence-electron chi connectivity index (χ3n) is 3.80. The molecule has 21 heavy (non-hydrogen) atoms. The quantitative estimate of drug-likeness (QED) is 0.794. The summed E-state index contributed by atoms with van der Waals surface area (Å²) in [6.45, 7) is 0. The lowest BCUT2D eigenvalue weighted by molar-refractivity contribution is 0.450. The highest BCUT2D eigenvalue weighted by molar-refractivity contribution is 7.91. The second-order valence-electron chi connectivity index (χ2n) is 5.17. The van der Waals surface area contributed by atoms with E-state index in [2.05, 4.69) is 4.98 Å². The van der Waals surface area contributed by atoms with Crippen LogP contribution < -0.4 is 0 Å². The monoisotopic (exact) mass is 334 g/mol. The Kier molecular flexibility index (Phi) is 3.65. The SMILES string of the molecule is O=S1(=O)CCC(n2c(CCl)nc3c(F)cc(F)cc32)CC1. The Hall–Kier alpha value is -1.21. The van der Waals surface area contributed by atoms with Gasteiger partial charge in [-0.25, -0.2) is 22.2 Å². The van der Waals surface area contributed by atoms with Gasteiger partial charge in [-0.05, 0) is 18.9 Å². The number of hydrogen-bond donors (Lipinski definition) is 0. The highest BCUT2D eigenvalue weighted by Crippen LogP contribution is 2.31. The van der Waals surface area contributed by atoms with E-state index in [9.17, 15) is 17.2 Å². The van der Waals surface area contributed by atoms with Gasteiger partial charge in [-0.2, -0.15) is 0 Å². The molecule has 0 radical (unpaired) electrons. The van der Waals surface area contributed by atoms with Gasteiger partial charge in [-0.15, -0.1) is 11.6 Å². The van der Waals surface area contributed by atoms with E-state index in [1.165, 1.54) is 6.07 Å². The van der Waals surface area contributed by atoms with Gasteiger partial charge in [-0.3, -0.25) is 0 Å². The molecule has 1 aromatic carbocycles. The van der Waals surface area contributed by atoms with E-state index in [-0.39, 0.29) is 28.9 Å². The topological polar surface area (TPSA) is 52.0 Å². The van der Waals surface area contributed by atoms with Gasteiger partial charge < -0.3 is 4.57 Å². The molecule has 2 heterocycles. The molecular formula is C13H13ClF2N2O2S. The lowest BCUT2D eigenvalue weighted by Gasteiger charge is -2.25. The molecule has 3 rings (SSSR count). The first-order valence-corrected chi connectivity index (χ1v) is 8.89. The first kappa shape index (κ1) is 14.7. The molecule has 114 valence electrons. The van der Waals surface area contributed by atoms with Crippen LogP contribution in [0.2, 0.25) is 0 Å². The van der Waals surface area contributed by atoms with E-state index >= 15 is 0 Å². The number of benzene rings is 1. The summed E-state index contributed by atoms with van der Waals surface area (Å²) in [7, 11) is -3.01. The fourth-order valence-electron chi connectivity index (χ4n) is 2.81. The minimum Gasteiger partial charge on any atom is -0.324 e. The molecule has 4 nitrogen and oxygen atoms in total. The van der Waals surface area contributed by atoms with Crippen LogP contribution in [0.1, 0.15) is 24.7 Å². The standard InChI is InChI=1S/C13H13ClF2N2O2S/c14-7-12-17-13-10(16)5-8(15)6-11(13)18(12)9-1-3-21(19,20)4-2-9/h5-6,9H,1-4,7H2. The number of nitrogens with zero attached hydrogens (tertiary/aromatic N) is 2. The fourth-order valence-corrected chi connectivity index (χ4v) is 4.46. The summed E-state index contributed by atoms with van der Waals surface area (Å²) in [4.78, 5) is 4.12. The van der Waals surface area contributed by atoms with Crippen LogP contribution in [-0.4, -0.2) is 29.5 Å². The molecule has 0 atom stereocenters. The predicted octanol–water partition coefficient (Wildman–Crippen LogP) is 2.80. The van der Waals surface area contributed by atoms with Crippen molar-refractivity contribution < 1.29 is 17.2 Å². The Morgan fingerprint density at radius 1 is 1.29 bits per heavy atom. The van der Waals surface area contributed by atoms with Crippen molar-refractivity contribution in [1.29, 1.82) is 0 Å². The van der Waals surface area contributed by atoms with Crippen molar-refractivity contribution in [3.05, 3.63) is 29.6 Å². The fraction of sp³-hybridized carbons (Fsp3) is 0.462. The van der Waals surface area contributed by atoms with Gasteiger partial charge in [0, 0.05) is 12.1 Å². The van der Waals surface area contributed by atoms with E-state index in [1.807, 2.05) is 0 Å². The van der Waals surface area contributed by atoms with Crippen molar-refractivity contribution in [2.24, 2.45) is 0 Å². The number of fused-ring (bicyclic) bond motifs is 1. The number of rotatable bonds is 2. The van der Waals surface area contributed by atoms with Crippen molar-refractivity contribution in [2.45, 2.75) is 24.8 Å². The Morgan fingerprint density at radius 3 is 2.57 bits per heavy atom. The third-order valence-corrected chi connectivity index (χ3v) is 5.75. The van der Waals surface area contributed by atoms with Gasteiger partial charge in [0.1, 0.15) is 27.0 Å². The number of halogens is 3. The average molecular weight is 335 g/mol. The van der Waals surface area contributed by atoms with Crippen LogP contribution in [0.25, 0.3) is 11.0 Å². The second-order valence-corrected chi connectivity index (χ2v) is 7.74. The van der Waals surface area contributed by atoms with Crippen LogP contribution in [0.5, 0.6) is 0 Å². The van der Waals surface area contributed by atoms with Gasteiger partial charge in [0.2, 0.25) is 0 Å². The van der Waals surface area contributed by atoms with Crippen molar-refractivity contribution >= 4 is 32.5 Å². The lowest BCUT2D eigenvalue weighted by Crippen LogP contribution is -2.26. The zero-order valence-electron chi connectivity index (χ0n) is 11.0. The smallest absolute Gasteiger partial charge is 0.153 e. The minimum absolute atomic E-state index is 0.0546. The van der Waals surface area contributed by atoms with E-state index in [0.29, 0.717) is 24.2 Å². The molecule has 0 spiro atoms. The maximum Gasteiger partial charge on any atom is 0.153 e. The predicted molar refractivity (Wildman–Crippen MR) is 76.1 cm³/mol. The van der Waals surface area contributed by atoms with Crippen LogP contribution in [-0.2, 0) is 15.7 Å².